The predicted octanol–water partition coefficient (Wildman–Crippen LogP) is 2.05. The van der Waals surface area contributed by atoms with E-state index in [1.807, 2.05) is 0 Å². The summed E-state index contributed by atoms with van der Waals surface area (Å²) >= 11 is 0. The van der Waals surface area contributed by atoms with Crippen molar-refractivity contribution in [3.05, 3.63) is 38.7 Å². The van der Waals surface area contributed by atoms with Crippen LogP contribution < -0.4 is 16.6 Å². The molecule has 2 aromatic rings. The van der Waals surface area contributed by atoms with E-state index in [0.29, 0.717) is 23.7 Å². The molecule has 2 bridgehead atoms. The fourth-order valence-electron chi connectivity index (χ4n) is 5.25. The van der Waals surface area contributed by atoms with Crippen LogP contribution >= 0.6 is 0 Å². The number of fused-ring (bicyclic) bond motifs is 3. The van der Waals surface area contributed by atoms with E-state index in [2.05, 4.69) is 36.1 Å². The van der Waals surface area contributed by atoms with Crippen LogP contribution in [0.5, 0.6) is 0 Å². The number of carbonyl (C=O) groups excluding carboxylic acids is 1. The summed E-state index contributed by atoms with van der Waals surface area (Å²) in [7, 11) is 0. The first-order chi connectivity index (χ1) is 12.7. The number of aryl methyl sites for hydroxylation is 1. The Labute approximate surface area is 157 Å². The van der Waals surface area contributed by atoms with E-state index in [4.69, 9.17) is 0 Å². The number of aromatic amines is 1. The molecule has 2 N–H and O–H groups in total. The van der Waals surface area contributed by atoms with E-state index in [0.717, 1.165) is 12.8 Å². The molecule has 0 saturated heterocycles. The molecule has 7 heteroatoms. The summed E-state index contributed by atoms with van der Waals surface area (Å²) in [6.45, 7) is 9.07. The van der Waals surface area contributed by atoms with Gasteiger partial charge in [-0.1, -0.05) is 20.8 Å². The normalized spacial score (nSPS) is 28.6. The second-order valence-electron chi connectivity index (χ2n) is 8.74. The molecule has 2 saturated carbocycles. The van der Waals surface area contributed by atoms with E-state index in [9.17, 15) is 14.4 Å². The third-order valence-electron chi connectivity index (χ3n) is 7.51. The highest BCUT2D eigenvalue weighted by atomic mass is 16.2. The first kappa shape index (κ1) is 17.9. The lowest BCUT2D eigenvalue weighted by Crippen LogP contribution is -2.46. The zero-order chi connectivity index (χ0) is 19.6. The molecule has 144 valence electrons. The summed E-state index contributed by atoms with van der Waals surface area (Å²) in [5.41, 5.74) is -0.0698. The number of H-pyrrole nitrogens is 1. The van der Waals surface area contributed by atoms with Crippen molar-refractivity contribution in [3.8, 4) is 0 Å². The molecule has 0 aromatic carbocycles. The van der Waals surface area contributed by atoms with Gasteiger partial charge in [-0.05, 0) is 49.0 Å². The van der Waals surface area contributed by atoms with Crippen LogP contribution in [0.1, 0.15) is 57.3 Å². The molecule has 2 heterocycles. The number of hydrogen-bond donors (Lipinski definition) is 2. The number of aromatic nitrogens is 3. The minimum atomic E-state index is -0.519. The molecule has 0 aliphatic heterocycles. The fourth-order valence-corrected chi connectivity index (χ4v) is 5.25. The van der Waals surface area contributed by atoms with Gasteiger partial charge in [0.2, 0.25) is 0 Å². The average Bonchev–Trinajstić information content (AvgIpc) is 2.95. The minimum Gasteiger partial charge on any atom is -0.349 e. The van der Waals surface area contributed by atoms with Crippen LogP contribution in [-0.4, -0.2) is 26.5 Å². The number of nitrogens with one attached hydrogen (secondary N) is 2. The monoisotopic (exact) mass is 370 g/mol. The van der Waals surface area contributed by atoms with Gasteiger partial charge in [-0.2, -0.15) is 0 Å². The SMILES string of the molecule is CCn1c(=O)[nH]c(=O)c2cc(C(=O)N[C@H]3C[C@H]4CC[C@@]3(C)C4(C)C)cnc21. The minimum absolute atomic E-state index is 0.0811. The van der Waals surface area contributed by atoms with Crippen LogP contribution in [0, 0.1) is 16.7 Å². The molecule has 2 aliphatic rings. The van der Waals surface area contributed by atoms with Gasteiger partial charge in [-0.25, -0.2) is 9.78 Å². The van der Waals surface area contributed by atoms with Crippen molar-refractivity contribution in [3.63, 3.8) is 0 Å². The van der Waals surface area contributed by atoms with E-state index in [1.165, 1.54) is 23.3 Å². The van der Waals surface area contributed by atoms with Gasteiger partial charge in [0.1, 0.15) is 5.65 Å². The van der Waals surface area contributed by atoms with E-state index >= 15 is 0 Å². The second kappa shape index (κ2) is 5.78. The molecule has 0 spiro atoms. The molecule has 1 amide bonds. The summed E-state index contributed by atoms with van der Waals surface area (Å²) in [5, 5.41) is 3.44. The maximum atomic E-state index is 12.9. The van der Waals surface area contributed by atoms with Gasteiger partial charge in [-0.15, -0.1) is 0 Å². The molecule has 4 rings (SSSR count). The zero-order valence-corrected chi connectivity index (χ0v) is 16.3. The van der Waals surface area contributed by atoms with Gasteiger partial charge in [0.05, 0.1) is 10.9 Å². The van der Waals surface area contributed by atoms with Gasteiger partial charge in [0, 0.05) is 18.8 Å². The van der Waals surface area contributed by atoms with Crippen molar-refractivity contribution in [2.75, 3.05) is 0 Å². The van der Waals surface area contributed by atoms with Crippen LogP contribution in [0.3, 0.4) is 0 Å². The van der Waals surface area contributed by atoms with Gasteiger partial charge < -0.3 is 5.32 Å². The Morgan fingerprint density at radius 3 is 2.70 bits per heavy atom. The molecular formula is C20H26N4O3. The Kier molecular flexibility index (Phi) is 3.84. The fraction of sp³-hybridized carbons (Fsp3) is 0.600. The maximum Gasteiger partial charge on any atom is 0.329 e. The number of nitrogens with zero attached hydrogens (tertiary/aromatic N) is 2. The smallest absolute Gasteiger partial charge is 0.329 e. The largest absolute Gasteiger partial charge is 0.349 e. The Morgan fingerprint density at radius 2 is 2.11 bits per heavy atom. The molecule has 7 nitrogen and oxygen atoms in total. The number of carbonyl (C=O) groups is 1. The highest BCUT2D eigenvalue weighted by molar-refractivity contribution is 5.97. The third kappa shape index (κ3) is 2.40. The van der Waals surface area contributed by atoms with Crippen LogP contribution in [-0.2, 0) is 6.54 Å². The van der Waals surface area contributed by atoms with Crippen molar-refractivity contribution >= 4 is 16.9 Å². The number of rotatable bonds is 3. The Hall–Kier alpha value is -2.44. The van der Waals surface area contributed by atoms with Gasteiger partial charge >= 0.3 is 5.69 Å². The van der Waals surface area contributed by atoms with Crippen molar-refractivity contribution in [2.24, 2.45) is 16.7 Å². The highest BCUT2D eigenvalue weighted by Crippen LogP contribution is 2.65. The Bertz CT molecular complexity index is 1050. The van der Waals surface area contributed by atoms with Crippen LogP contribution in [0.15, 0.2) is 21.9 Å². The van der Waals surface area contributed by atoms with Gasteiger partial charge in [-0.3, -0.25) is 19.1 Å². The first-order valence-electron chi connectivity index (χ1n) is 9.63. The molecular weight excluding hydrogens is 344 g/mol. The van der Waals surface area contributed by atoms with E-state index in [-0.39, 0.29) is 28.2 Å². The molecule has 3 atom stereocenters. The summed E-state index contributed by atoms with van der Waals surface area (Å²) in [6.07, 6.45) is 4.78. The number of pyridine rings is 1. The predicted molar refractivity (Wildman–Crippen MR) is 103 cm³/mol. The Balaban J connectivity index is 1.67. The van der Waals surface area contributed by atoms with E-state index in [1.54, 1.807) is 6.92 Å². The quantitative estimate of drug-likeness (QED) is 0.864. The summed E-state index contributed by atoms with van der Waals surface area (Å²) in [6, 6.07) is 1.65. The van der Waals surface area contributed by atoms with E-state index < -0.39 is 11.2 Å². The lowest BCUT2D eigenvalue weighted by Gasteiger charge is -2.39. The van der Waals surface area contributed by atoms with Gasteiger partial charge in [0.15, 0.2) is 0 Å². The van der Waals surface area contributed by atoms with Gasteiger partial charge in [0.25, 0.3) is 11.5 Å². The summed E-state index contributed by atoms with van der Waals surface area (Å²) in [5.74, 6) is 0.414. The maximum absolute atomic E-state index is 12.9. The van der Waals surface area contributed by atoms with Crippen molar-refractivity contribution in [1.82, 2.24) is 19.9 Å². The molecule has 0 unspecified atom stereocenters. The molecule has 27 heavy (non-hydrogen) atoms. The van der Waals surface area contributed by atoms with Crippen LogP contribution in [0.4, 0.5) is 0 Å². The summed E-state index contributed by atoms with van der Waals surface area (Å²) in [4.78, 5) is 43.5. The summed E-state index contributed by atoms with van der Waals surface area (Å²) < 4.78 is 1.39. The standard InChI is InChI=1S/C20H26N4O3/c1-5-24-15-13(17(26)23-18(24)27)8-11(10-21-15)16(25)22-14-9-12-6-7-20(14,4)19(12,2)3/h8,10,12,14H,5-7,9H2,1-4H3,(H,22,25)(H,23,26,27)/t12-,14+,20-/m1/s1. The molecule has 2 aromatic heterocycles. The number of hydrogen-bond acceptors (Lipinski definition) is 4. The molecule has 2 aliphatic carbocycles. The lowest BCUT2D eigenvalue weighted by molar-refractivity contribution is 0.0826. The van der Waals surface area contributed by atoms with Crippen LogP contribution in [0.25, 0.3) is 11.0 Å². The third-order valence-corrected chi connectivity index (χ3v) is 7.51. The first-order valence-corrected chi connectivity index (χ1v) is 9.63. The van der Waals surface area contributed by atoms with Crippen molar-refractivity contribution in [1.29, 1.82) is 0 Å². The lowest BCUT2D eigenvalue weighted by atomic mass is 9.69. The van der Waals surface area contributed by atoms with Crippen LogP contribution in [0.2, 0.25) is 0 Å². The average molecular weight is 370 g/mol. The Morgan fingerprint density at radius 1 is 1.37 bits per heavy atom. The molecule has 2 fully saturated rings. The second-order valence-corrected chi connectivity index (χ2v) is 8.74. The topological polar surface area (TPSA) is 96.9 Å². The zero-order valence-electron chi connectivity index (χ0n) is 16.3. The van der Waals surface area contributed by atoms with Crippen molar-refractivity contribution in [2.45, 2.75) is 59.5 Å². The highest BCUT2D eigenvalue weighted by Gasteiger charge is 2.61. The molecule has 0 radical (unpaired) electrons. The number of amides is 1. The van der Waals surface area contributed by atoms with Crippen molar-refractivity contribution < 1.29 is 4.79 Å².